The van der Waals surface area contributed by atoms with Crippen molar-refractivity contribution < 1.29 is 23.8 Å². The van der Waals surface area contributed by atoms with E-state index in [0.717, 1.165) is 0 Å². The van der Waals surface area contributed by atoms with Gasteiger partial charge in [0, 0.05) is 27.4 Å². The maximum Gasteiger partial charge on any atom is 0.341 e. The molecule has 27 heavy (non-hydrogen) atoms. The second-order valence-electron chi connectivity index (χ2n) is 5.49. The van der Waals surface area contributed by atoms with Crippen LogP contribution >= 0.6 is 23.2 Å². The molecule has 0 bridgehead atoms. The SMILES string of the molecule is O=C(O)COc1cccc(NC(=O)c2ccc(-c3cc(Cl)cc(Cl)c3)o2)c1. The molecule has 0 radical (unpaired) electrons. The Labute approximate surface area is 164 Å². The van der Waals surface area contributed by atoms with Crippen molar-refractivity contribution in [1.29, 1.82) is 0 Å². The van der Waals surface area contributed by atoms with E-state index in [2.05, 4.69) is 5.32 Å². The quantitative estimate of drug-likeness (QED) is 0.604. The largest absolute Gasteiger partial charge is 0.482 e. The van der Waals surface area contributed by atoms with E-state index in [9.17, 15) is 9.59 Å². The Hall–Kier alpha value is -2.96. The number of carboxylic acids is 1. The monoisotopic (exact) mass is 405 g/mol. The molecule has 0 aliphatic heterocycles. The number of hydrogen-bond donors (Lipinski definition) is 2. The molecule has 1 aromatic heterocycles. The maximum absolute atomic E-state index is 12.4. The minimum absolute atomic E-state index is 0.0953. The minimum atomic E-state index is -1.09. The molecule has 0 fully saturated rings. The van der Waals surface area contributed by atoms with Gasteiger partial charge in [-0.2, -0.15) is 0 Å². The zero-order chi connectivity index (χ0) is 19.4. The first-order valence-corrected chi connectivity index (χ1v) is 8.48. The molecule has 0 aliphatic rings. The van der Waals surface area contributed by atoms with Gasteiger partial charge in [0.1, 0.15) is 11.5 Å². The number of benzene rings is 2. The molecule has 3 aromatic rings. The minimum Gasteiger partial charge on any atom is -0.482 e. The molecule has 0 spiro atoms. The molecular formula is C19H13Cl2NO5. The van der Waals surface area contributed by atoms with Crippen LogP contribution in [0, 0.1) is 0 Å². The Morgan fingerprint density at radius 3 is 2.48 bits per heavy atom. The average Bonchev–Trinajstić information content (AvgIpc) is 3.10. The zero-order valence-corrected chi connectivity index (χ0v) is 15.3. The van der Waals surface area contributed by atoms with Crippen molar-refractivity contribution in [2.24, 2.45) is 0 Å². The summed E-state index contributed by atoms with van der Waals surface area (Å²) in [6.45, 7) is -0.471. The van der Waals surface area contributed by atoms with E-state index in [1.54, 1.807) is 42.5 Å². The summed E-state index contributed by atoms with van der Waals surface area (Å²) < 4.78 is 10.7. The van der Waals surface area contributed by atoms with E-state index in [1.165, 1.54) is 12.1 Å². The van der Waals surface area contributed by atoms with Gasteiger partial charge >= 0.3 is 5.97 Å². The molecule has 0 unspecified atom stereocenters. The van der Waals surface area contributed by atoms with Crippen LogP contribution in [0.1, 0.15) is 10.6 Å². The molecule has 1 heterocycles. The van der Waals surface area contributed by atoms with Gasteiger partial charge in [0.15, 0.2) is 12.4 Å². The zero-order valence-electron chi connectivity index (χ0n) is 13.7. The van der Waals surface area contributed by atoms with Gasteiger partial charge in [-0.05, 0) is 42.5 Å². The van der Waals surface area contributed by atoms with Gasteiger partial charge in [-0.15, -0.1) is 0 Å². The topological polar surface area (TPSA) is 88.8 Å². The maximum atomic E-state index is 12.4. The van der Waals surface area contributed by atoms with Crippen molar-refractivity contribution in [1.82, 2.24) is 0 Å². The summed E-state index contributed by atoms with van der Waals surface area (Å²) in [5.41, 5.74) is 1.09. The molecule has 0 saturated heterocycles. The van der Waals surface area contributed by atoms with E-state index in [0.29, 0.717) is 32.8 Å². The van der Waals surface area contributed by atoms with Crippen LogP contribution in [-0.4, -0.2) is 23.6 Å². The highest BCUT2D eigenvalue weighted by atomic mass is 35.5. The Morgan fingerprint density at radius 1 is 1.04 bits per heavy atom. The Morgan fingerprint density at radius 2 is 1.78 bits per heavy atom. The van der Waals surface area contributed by atoms with Crippen LogP contribution in [0.15, 0.2) is 59.0 Å². The standard InChI is InChI=1S/C19H13Cl2NO5/c20-12-6-11(7-13(21)8-12)16-4-5-17(27-16)19(25)22-14-2-1-3-15(9-14)26-10-18(23)24/h1-9H,10H2,(H,22,25)(H,23,24). The van der Waals surface area contributed by atoms with Crippen molar-refractivity contribution in [2.45, 2.75) is 0 Å². The van der Waals surface area contributed by atoms with Crippen LogP contribution in [0.3, 0.4) is 0 Å². The Kier molecular flexibility index (Phi) is 5.69. The second-order valence-corrected chi connectivity index (χ2v) is 6.36. The number of carbonyl (C=O) groups excluding carboxylic acids is 1. The lowest BCUT2D eigenvalue weighted by Crippen LogP contribution is -2.12. The second kappa shape index (κ2) is 8.16. The molecule has 0 saturated carbocycles. The highest BCUT2D eigenvalue weighted by Gasteiger charge is 2.14. The number of ether oxygens (including phenoxy) is 1. The number of hydrogen-bond acceptors (Lipinski definition) is 4. The summed E-state index contributed by atoms with van der Waals surface area (Å²) in [6.07, 6.45) is 0. The summed E-state index contributed by atoms with van der Waals surface area (Å²) in [7, 11) is 0. The Bertz CT molecular complexity index is 979. The van der Waals surface area contributed by atoms with Crippen LogP contribution in [0.5, 0.6) is 5.75 Å². The number of nitrogens with one attached hydrogen (secondary N) is 1. The van der Waals surface area contributed by atoms with Crippen molar-refractivity contribution in [3.05, 3.63) is 70.4 Å². The van der Waals surface area contributed by atoms with E-state index in [-0.39, 0.29) is 5.76 Å². The van der Waals surface area contributed by atoms with Gasteiger partial charge in [0.25, 0.3) is 5.91 Å². The molecule has 2 aromatic carbocycles. The van der Waals surface area contributed by atoms with Gasteiger partial charge in [0.2, 0.25) is 0 Å². The molecule has 2 N–H and O–H groups in total. The molecular weight excluding hydrogens is 393 g/mol. The van der Waals surface area contributed by atoms with Crippen LogP contribution < -0.4 is 10.1 Å². The van der Waals surface area contributed by atoms with E-state index < -0.39 is 18.5 Å². The van der Waals surface area contributed by atoms with Crippen LogP contribution in [0.25, 0.3) is 11.3 Å². The van der Waals surface area contributed by atoms with Crippen LogP contribution in [0.4, 0.5) is 5.69 Å². The van der Waals surface area contributed by atoms with E-state index in [1.807, 2.05) is 0 Å². The fraction of sp³-hybridized carbons (Fsp3) is 0.0526. The predicted octanol–water partition coefficient (Wildman–Crippen LogP) is 4.97. The first kappa shape index (κ1) is 18.8. The molecule has 8 heteroatoms. The molecule has 0 aliphatic carbocycles. The number of carbonyl (C=O) groups is 2. The van der Waals surface area contributed by atoms with E-state index >= 15 is 0 Å². The van der Waals surface area contributed by atoms with E-state index in [4.69, 9.17) is 37.5 Å². The van der Waals surface area contributed by atoms with Crippen molar-refractivity contribution in [2.75, 3.05) is 11.9 Å². The molecule has 6 nitrogen and oxygen atoms in total. The van der Waals surface area contributed by atoms with Crippen molar-refractivity contribution in [3.63, 3.8) is 0 Å². The molecule has 1 amide bonds. The first-order valence-electron chi connectivity index (χ1n) is 7.73. The first-order chi connectivity index (χ1) is 12.9. The Balaban J connectivity index is 1.73. The van der Waals surface area contributed by atoms with Crippen molar-refractivity contribution >= 4 is 40.8 Å². The molecule has 0 atom stereocenters. The number of halogens is 2. The predicted molar refractivity (Wildman–Crippen MR) is 102 cm³/mol. The van der Waals surface area contributed by atoms with Gasteiger partial charge in [0.05, 0.1) is 0 Å². The summed E-state index contributed by atoms with van der Waals surface area (Å²) in [4.78, 5) is 22.9. The summed E-state index contributed by atoms with van der Waals surface area (Å²) in [6, 6.07) is 14.5. The lowest BCUT2D eigenvalue weighted by atomic mass is 10.2. The fourth-order valence-electron chi connectivity index (χ4n) is 2.31. The number of carboxylic acid groups (broad SMARTS) is 1. The van der Waals surface area contributed by atoms with Gasteiger partial charge < -0.3 is 19.6 Å². The fourth-order valence-corrected chi connectivity index (χ4v) is 2.84. The normalized spacial score (nSPS) is 10.4. The smallest absolute Gasteiger partial charge is 0.341 e. The number of anilines is 1. The number of aliphatic carboxylic acids is 1. The van der Waals surface area contributed by atoms with Crippen LogP contribution in [-0.2, 0) is 4.79 Å². The van der Waals surface area contributed by atoms with Gasteiger partial charge in [-0.3, -0.25) is 4.79 Å². The number of rotatable bonds is 6. The highest BCUT2D eigenvalue weighted by molar-refractivity contribution is 6.35. The summed E-state index contributed by atoms with van der Waals surface area (Å²) in [5, 5.41) is 12.2. The number of amides is 1. The lowest BCUT2D eigenvalue weighted by molar-refractivity contribution is -0.139. The average molecular weight is 406 g/mol. The number of furan rings is 1. The van der Waals surface area contributed by atoms with Crippen molar-refractivity contribution in [3.8, 4) is 17.1 Å². The third kappa shape index (κ3) is 5.03. The van der Waals surface area contributed by atoms with Crippen LogP contribution in [0.2, 0.25) is 10.0 Å². The third-order valence-corrected chi connectivity index (χ3v) is 3.87. The summed E-state index contributed by atoms with van der Waals surface area (Å²) >= 11 is 12.0. The summed E-state index contributed by atoms with van der Waals surface area (Å²) in [5.74, 6) is -0.691. The highest BCUT2D eigenvalue weighted by Crippen LogP contribution is 2.29. The molecule has 138 valence electrons. The third-order valence-electron chi connectivity index (χ3n) is 3.43. The van der Waals surface area contributed by atoms with Gasteiger partial charge in [-0.25, -0.2) is 4.79 Å². The lowest BCUT2D eigenvalue weighted by Gasteiger charge is -2.07. The van der Waals surface area contributed by atoms with Gasteiger partial charge in [-0.1, -0.05) is 29.3 Å². The molecule has 3 rings (SSSR count).